The van der Waals surface area contributed by atoms with Crippen LogP contribution in [0.2, 0.25) is 0 Å². The molecule has 0 amide bonds. The summed E-state index contributed by atoms with van der Waals surface area (Å²) in [4.78, 5) is 9.53. The maximum Gasteiger partial charge on any atom is 0.235 e. The number of hydrogen-bond donors (Lipinski definition) is 0. The summed E-state index contributed by atoms with van der Waals surface area (Å²) in [6, 6.07) is 7.48. The van der Waals surface area contributed by atoms with Gasteiger partial charge in [0.25, 0.3) is 0 Å². The lowest BCUT2D eigenvalue weighted by molar-refractivity contribution is -0.400. The van der Waals surface area contributed by atoms with Gasteiger partial charge in [-0.15, -0.1) is 0 Å². The Balaban J connectivity index is 2.89. The molecule has 1 aromatic rings. The van der Waals surface area contributed by atoms with Crippen LogP contribution in [-0.2, 0) is 0 Å². The van der Waals surface area contributed by atoms with Crippen LogP contribution in [-0.4, -0.2) is 4.92 Å². The number of halogens is 1. The average Bonchev–Trinajstić information content (AvgIpc) is 2.03. The summed E-state index contributed by atoms with van der Waals surface area (Å²) in [6.45, 7) is 0. The maximum atomic E-state index is 10.0. The second-order valence-corrected chi connectivity index (χ2v) is 3.28. The highest BCUT2D eigenvalue weighted by Gasteiger charge is 1.94. The van der Waals surface area contributed by atoms with E-state index < -0.39 is 4.92 Å². The molecule has 12 heavy (non-hydrogen) atoms. The molecule has 0 atom stereocenters. The van der Waals surface area contributed by atoms with Crippen molar-refractivity contribution >= 4 is 28.7 Å². The molecule has 1 rings (SSSR count). The van der Waals surface area contributed by atoms with Crippen molar-refractivity contribution in [2.24, 2.45) is 0 Å². The molecule has 3 nitrogen and oxygen atoms in total. The van der Waals surface area contributed by atoms with Gasteiger partial charge in [0.15, 0.2) is 0 Å². The van der Waals surface area contributed by atoms with E-state index in [1.807, 2.05) is 24.3 Å². The summed E-state index contributed by atoms with van der Waals surface area (Å²) >= 11 is 2.13. The molecule has 0 aliphatic heterocycles. The molecule has 0 heterocycles. The van der Waals surface area contributed by atoms with Crippen molar-refractivity contribution in [1.82, 2.24) is 0 Å². The van der Waals surface area contributed by atoms with Crippen LogP contribution >= 0.6 is 22.6 Å². The van der Waals surface area contributed by atoms with Gasteiger partial charge in [-0.25, -0.2) is 0 Å². The third kappa shape index (κ3) is 2.61. The van der Waals surface area contributed by atoms with Crippen LogP contribution in [0.5, 0.6) is 0 Å². The second kappa shape index (κ2) is 4.20. The zero-order valence-electron chi connectivity index (χ0n) is 6.11. The number of hydrogen-bond acceptors (Lipinski definition) is 2. The van der Waals surface area contributed by atoms with Crippen molar-refractivity contribution in [2.75, 3.05) is 0 Å². The third-order valence-corrected chi connectivity index (χ3v) is 2.26. The fraction of sp³-hybridized carbons (Fsp3) is 0. The molecule has 4 heteroatoms. The summed E-state index contributed by atoms with van der Waals surface area (Å²) < 4.78 is 1.01. The molecule has 0 bridgehead atoms. The fourth-order valence-corrected chi connectivity index (χ4v) is 1.32. The van der Waals surface area contributed by atoms with Gasteiger partial charge in [0.05, 0.1) is 4.92 Å². The van der Waals surface area contributed by atoms with Crippen LogP contribution in [0.15, 0.2) is 30.5 Å². The van der Waals surface area contributed by atoms with Crippen molar-refractivity contribution in [3.8, 4) is 0 Å². The first-order chi connectivity index (χ1) is 5.70. The zero-order valence-corrected chi connectivity index (χ0v) is 8.26. The first-order valence-corrected chi connectivity index (χ1v) is 4.34. The lowest BCUT2D eigenvalue weighted by Crippen LogP contribution is -1.83. The topological polar surface area (TPSA) is 43.1 Å². The Morgan fingerprint density at radius 1 is 1.42 bits per heavy atom. The predicted octanol–water partition coefficient (Wildman–Crippen LogP) is 2.54. The van der Waals surface area contributed by atoms with Crippen molar-refractivity contribution in [3.63, 3.8) is 0 Å². The normalized spacial score (nSPS) is 10.4. The quantitative estimate of drug-likeness (QED) is 0.473. The van der Waals surface area contributed by atoms with Gasteiger partial charge in [0.2, 0.25) is 6.20 Å². The van der Waals surface area contributed by atoms with Crippen LogP contribution in [0.1, 0.15) is 5.56 Å². The Morgan fingerprint density at radius 3 is 2.67 bits per heavy atom. The average molecular weight is 275 g/mol. The summed E-state index contributed by atoms with van der Waals surface area (Å²) in [7, 11) is 0. The van der Waals surface area contributed by atoms with Gasteiger partial charge in [-0.1, -0.05) is 18.2 Å². The van der Waals surface area contributed by atoms with E-state index in [1.54, 1.807) is 0 Å². The molecular weight excluding hydrogens is 269 g/mol. The van der Waals surface area contributed by atoms with E-state index in [9.17, 15) is 10.1 Å². The standard InChI is InChI=1S/C8H6INO2/c9-8-4-2-1-3-7(8)5-6-10(11)12/h1-6H/b6-5+. The summed E-state index contributed by atoms with van der Waals surface area (Å²) in [6.07, 6.45) is 2.43. The van der Waals surface area contributed by atoms with E-state index in [2.05, 4.69) is 22.6 Å². The van der Waals surface area contributed by atoms with Gasteiger partial charge in [-0.2, -0.15) is 0 Å². The number of nitro groups is 1. The van der Waals surface area contributed by atoms with Gasteiger partial charge in [0, 0.05) is 9.65 Å². The third-order valence-electron chi connectivity index (χ3n) is 1.28. The van der Waals surface area contributed by atoms with Crippen LogP contribution in [0.25, 0.3) is 6.08 Å². The van der Waals surface area contributed by atoms with Gasteiger partial charge in [-0.3, -0.25) is 10.1 Å². The number of benzene rings is 1. The SMILES string of the molecule is O=[N+]([O-])/C=C/c1ccccc1I. The molecule has 0 unspecified atom stereocenters. The molecule has 0 radical (unpaired) electrons. The summed E-state index contributed by atoms with van der Waals surface area (Å²) in [5.74, 6) is 0. The summed E-state index contributed by atoms with van der Waals surface area (Å²) in [5.41, 5.74) is 0.870. The van der Waals surface area contributed by atoms with Crippen LogP contribution in [0, 0.1) is 13.7 Å². The van der Waals surface area contributed by atoms with Crippen LogP contribution < -0.4 is 0 Å². The largest absolute Gasteiger partial charge is 0.259 e. The molecule has 0 saturated carbocycles. The second-order valence-electron chi connectivity index (χ2n) is 2.12. The molecule has 0 N–H and O–H groups in total. The fourth-order valence-electron chi connectivity index (χ4n) is 0.751. The Kier molecular flexibility index (Phi) is 3.21. The van der Waals surface area contributed by atoms with Crippen molar-refractivity contribution in [3.05, 3.63) is 49.7 Å². The highest BCUT2D eigenvalue weighted by atomic mass is 127. The molecule has 0 fully saturated rings. The van der Waals surface area contributed by atoms with Crippen LogP contribution in [0.3, 0.4) is 0 Å². The zero-order chi connectivity index (χ0) is 8.97. The molecule has 62 valence electrons. The van der Waals surface area contributed by atoms with Gasteiger partial charge in [0.1, 0.15) is 0 Å². The van der Waals surface area contributed by atoms with E-state index >= 15 is 0 Å². The van der Waals surface area contributed by atoms with E-state index in [0.29, 0.717) is 0 Å². The van der Waals surface area contributed by atoms with Crippen molar-refractivity contribution in [2.45, 2.75) is 0 Å². The van der Waals surface area contributed by atoms with Crippen molar-refractivity contribution in [1.29, 1.82) is 0 Å². The van der Waals surface area contributed by atoms with Gasteiger partial charge < -0.3 is 0 Å². The monoisotopic (exact) mass is 275 g/mol. The van der Waals surface area contributed by atoms with Crippen LogP contribution in [0.4, 0.5) is 0 Å². The maximum absolute atomic E-state index is 10.0. The highest BCUT2D eigenvalue weighted by Crippen LogP contribution is 2.12. The molecule has 0 saturated heterocycles. The number of rotatable bonds is 2. The number of nitrogens with zero attached hydrogens (tertiary/aromatic N) is 1. The van der Waals surface area contributed by atoms with Gasteiger partial charge in [-0.05, 0) is 34.2 Å². The summed E-state index contributed by atoms with van der Waals surface area (Å²) in [5, 5.41) is 10.0. The van der Waals surface area contributed by atoms with Gasteiger partial charge >= 0.3 is 0 Å². The minimum atomic E-state index is -0.469. The van der Waals surface area contributed by atoms with E-state index in [-0.39, 0.29) is 0 Å². The minimum Gasteiger partial charge on any atom is -0.259 e. The Bertz CT molecular complexity index is 323. The molecule has 1 aromatic carbocycles. The van der Waals surface area contributed by atoms with E-state index in [4.69, 9.17) is 0 Å². The Morgan fingerprint density at radius 2 is 2.08 bits per heavy atom. The first-order valence-electron chi connectivity index (χ1n) is 3.26. The first kappa shape index (κ1) is 9.18. The van der Waals surface area contributed by atoms with Crippen molar-refractivity contribution < 1.29 is 4.92 Å². The lowest BCUT2D eigenvalue weighted by Gasteiger charge is -1.93. The lowest BCUT2D eigenvalue weighted by atomic mass is 10.2. The highest BCUT2D eigenvalue weighted by molar-refractivity contribution is 14.1. The predicted molar refractivity (Wildman–Crippen MR) is 55.2 cm³/mol. The van der Waals surface area contributed by atoms with E-state index in [0.717, 1.165) is 15.3 Å². The molecule has 0 aliphatic rings. The molecule has 0 aromatic heterocycles. The van der Waals surface area contributed by atoms with E-state index in [1.165, 1.54) is 6.08 Å². The Labute approximate surface area is 83.4 Å². The smallest absolute Gasteiger partial charge is 0.235 e. The molecule has 0 aliphatic carbocycles. The molecular formula is C8H6INO2. The minimum absolute atomic E-state index is 0.469. The Hall–Kier alpha value is -0.910. The molecule has 0 spiro atoms.